The number of nitrogens with two attached hydrogens (primary N) is 1. The van der Waals surface area contributed by atoms with Crippen LogP contribution in [0, 0.1) is 5.92 Å². The van der Waals surface area contributed by atoms with Gasteiger partial charge in [0.05, 0.1) is 5.92 Å². The molecule has 1 aromatic rings. The Morgan fingerprint density at radius 3 is 2.76 bits per heavy atom. The molecule has 3 nitrogen and oxygen atoms in total. The smallest absolute Gasteiger partial charge is 0.221 e. The summed E-state index contributed by atoms with van der Waals surface area (Å²) in [6.07, 6.45) is 2.00. The third-order valence-electron chi connectivity index (χ3n) is 3.23. The second-order valence-electron chi connectivity index (χ2n) is 4.60. The molecule has 1 fully saturated rings. The SMILES string of the molecule is NC(=O)[C@@H]1CCCN(Cc2ccc(Br)cc2)C1. The van der Waals surface area contributed by atoms with E-state index in [1.165, 1.54) is 5.56 Å². The number of likely N-dealkylation sites (tertiary alicyclic amines) is 1. The highest BCUT2D eigenvalue weighted by molar-refractivity contribution is 9.10. The van der Waals surface area contributed by atoms with E-state index in [1.54, 1.807) is 0 Å². The molecule has 1 saturated heterocycles. The number of hydrogen-bond donors (Lipinski definition) is 1. The van der Waals surface area contributed by atoms with Gasteiger partial charge in [-0.3, -0.25) is 9.69 Å². The van der Waals surface area contributed by atoms with Crippen LogP contribution in [-0.4, -0.2) is 23.9 Å². The minimum Gasteiger partial charge on any atom is -0.369 e. The van der Waals surface area contributed by atoms with Crippen LogP contribution >= 0.6 is 15.9 Å². The molecule has 2 N–H and O–H groups in total. The van der Waals surface area contributed by atoms with Crippen LogP contribution in [-0.2, 0) is 11.3 Å². The van der Waals surface area contributed by atoms with Crippen LogP contribution < -0.4 is 5.73 Å². The second-order valence-corrected chi connectivity index (χ2v) is 5.52. The third-order valence-corrected chi connectivity index (χ3v) is 3.76. The number of piperidine rings is 1. The number of halogens is 1. The lowest BCUT2D eigenvalue weighted by molar-refractivity contribution is -0.123. The molecule has 0 spiro atoms. The Labute approximate surface area is 110 Å². The van der Waals surface area contributed by atoms with Crippen LogP contribution in [0.15, 0.2) is 28.7 Å². The largest absolute Gasteiger partial charge is 0.369 e. The van der Waals surface area contributed by atoms with Gasteiger partial charge in [-0.2, -0.15) is 0 Å². The van der Waals surface area contributed by atoms with E-state index in [0.29, 0.717) is 0 Å². The Balaban J connectivity index is 1.94. The van der Waals surface area contributed by atoms with Crippen molar-refractivity contribution in [2.45, 2.75) is 19.4 Å². The number of amides is 1. The van der Waals surface area contributed by atoms with E-state index < -0.39 is 0 Å². The fraction of sp³-hybridized carbons (Fsp3) is 0.462. The predicted octanol–water partition coefficient (Wildman–Crippen LogP) is 2.15. The topological polar surface area (TPSA) is 46.3 Å². The minimum absolute atomic E-state index is 0.0270. The van der Waals surface area contributed by atoms with Crippen LogP contribution in [0.1, 0.15) is 18.4 Å². The maximum atomic E-state index is 11.2. The first-order chi connectivity index (χ1) is 8.15. The van der Waals surface area contributed by atoms with Crippen LogP contribution in [0.25, 0.3) is 0 Å². The van der Waals surface area contributed by atoms with Crippen LogP contribution in [0.3, 0.4) is 0 Å². The lowest BCUT2D eigenvalue weighted by Gasteiger charge is -2.31. The first-order valence-electron chi connectivity index (χ1n) is 5.91. The molecule has 1 aliphatic rings. The monoisotopic (exact) mass is 296 g/mol. The number of primary amides is 1. The zero-order valence-corrected chi connectivity index (χ0v) is 11.3. The molecule has 0 saturated carbocycles. The molecule has 1 aromatic carbocycles. The van der Waals surface area contributed by atoms with Crippen molar-refractivity contribution in [3.63, 3.8) is 0 Å². The number of carbonyl (C=O) groups excluding carboxylic acids is 1. The van der Waals surface area contributed by atoms with E-state index in [4.69, 9.17) is 5.73 Å². The molecule has 1 atom stereocenters. The van der Waals surface area contributed by atoms with E-state index in [0.717, 1.165) is 36.9 Å². The molecule has 92 valence electrons. The molecule has 2 rings (SSSR count). The number of carbonyl (C=O) groups is 1. The summed E-state index contributed by atoms with van der Waals surface area (Å²) in [7, 11) is 0. The fourth-order valence-electron chi connectivity index (χ4n) is 2.28. The van der Waals surface area contributed by atoms with E-state index in [2.05, 4.69) is 33.0 Å². The molecule has 0 aromatic heterocycles. The summed E-state index contributed by atoms with van der Waals surface area (Å²) in [6, 6.07) is 8.31. The third kappa shape index (κ3) is 3.54. The van der Waals surface area contributed by atoms with Gasteiger partial charge in [-0.15, -0.1) is 0 Å². The van der Waals surface area contributed by atoms with Crippen molar-refractivity contribution in [2.75, 3.05) is 13.1 Å². The van der Waals surface area contributed by atoms with Gasteiger partial charge < -0.3 is 5.73 Å². The van der Waals surface area contributed by atoms with Crippen molar-refractivity contribution in [1.29, 1.82) is 0 Å². The summed E-state index contributed by atoms with van der Waals surface area (Å²) < 4.78 is 1.09. The highest BCUT2D eigenvalue weighted by Gasteiger charge is 2.23. The molecule has 0 unspecified atom stereocenters. The van der Waals surface area contributed by atoms with Gasteiger partial charge in [0.1, 0.15) is 0 Å². The maximum absolute atomic E-state index is 11.2. The molecule has 1 heterocycles. The Hall–Kier alpha value is -0.870. The second kappa shape index (κ2) is 5.65. The first-order valence-corrected chi connectivity index (χ1v) is 6.70. The highest BCUT2D eigenvalue weighted by Crippen LogP contribution is 2.19. The van der Waals surface area contributed by atoms with Gasteiger partial charge >= 0.3 is 0 Å². The minimum atomic E-state index is -0.162. The summed E-state index contributed by atoms with van der Waals surface area (Å²) in [5.41, 5.74) is 6.65. The predicted molar refractivity (Wildman–Crippen MR) is 71.3 cm³/mol. The summed E-state index contributed by atoms with van der Waals surface area (Å²) in [6.45, 7) is 2.75. The van der Waals surface area contributed by atoms with Gasteiger partial charge in [-0.05, 0) is 37.1 Å². The van der Waals surface area contributed by atoms with Crippen molar-refractivity contribution >= 4 is 21.8 Å². The van der Waals surface area contributed by atoms with E-state index in [-0.39, 0.29) is 11.8 Å². The van der Waals surface area contributed by atoms with E-state index >= 15 is 0 Å². The van der Waals surface area contributed by atoms with Gasteiger partial charge in [-0.25, -0.2) is 0 Å². The van der Waals surface area contributed by atoms with Gasteiger partial charge in [-0.1, -0.05) is 28.1 Å². The van der Waals surface area contributed by atoms with Crippen LogP contribution in [0.2, 0.25) is 0 Å². The highest BCUT2D eigenvalue weighted by atomic mass is 79.9. The van der Waals surface area contributed by atoms with Gasteiger partial charge in [0.15, 0.2) is 0 Å². The average molecular weight is 297 g/mol. The van der Waals surface area contributed by atoms with Crippen molar-refractivity contribution in [3.05, 3.63) is 34.3 Å². The number of hydrogen-bond acceptors (Lipinski definition) is 2. The van der Waals surface area contributed by atoms with Crippen molar-refractivity contribution in [1.82, 2.24) is 4.90 Å². The zero-order chi connectivity index (χ0) is 12.3. The zero-order valence-electron chi connectivity index (χ0n) is 9.73. The van der Waals surface area contributed by atoms with Gasteiger partial charge in [0.2, 0.25) is 5.91 Å². The molecule has 1 aliphatic heterocycles. The lowest BCUT2D eigenvalue weighted by atomic mass is 9.97. The molecule has 17 heavy (non-hydrogen) atoms. The molecule has 1 amide bonds. The van der Waals surface area contributed by atoms with Crippen molar-refractivity contribution in [3.8, 4) is 0 Å². The molecule has 0 radical (unpaired) electrons. The molecular formula is C13H17BrN2O. The standard InChI is InChI=1S/C13H17BrN2O/c14-12-5-3-10(4-6-12)8-16-7-1-2-11(9-16)13(15)17/h3-6,11H,1-2,7-9H2,(H2,15,17)/t11-/m1/s1. The number of nitrogens with zero attached hydrogens (tertiary/aromatic N) is 1. The molecule has 4 heteroatoms. The van der Waals surface area contributed by atoms with Crippen LogP contribution in [0.5, 0.6) is 0 Å². The normalized spacial score (nSPS) is 21.4. The molecular weight excluding hydrogens is 280 g/mol. The van der Waals surface area contributed by atoms with Gasteiger partial charge in [0.25, 0.3) is 0 Å². The Morgan fingerprint density at radius 1 is 1.41 bits per heavy atom. The Kier molecular flexibility index (Phi) is 4.18. The van der Waals surface area contributed by atoms with Crippen molar-refractivity contribution < 1.29 is 4.79 Å². The van der Waals surface area contributed by atoms with Gasteiger partial charge in [0, 0.05) is 17.6 Å². The van der Waals surface area contributed by atoms with E-state index in [1.807, 2.05) is 12.1 Å². The van der Waals surface area contributed by atoms with Crippen LogP contribution in [0.4, 0.5) is 0 Å². The Bertz CT molecular complexity index is 391. The maximum Gasteiger partial charge on any atom is 0.221 e. The Morgan fingerprint density at radius 2 is 2.12 bits per heavy atom. The average Bonchev–Trinajstić information content (AvgIpc) is 2.32. The first kappa shape index (κ1) is 12.6. The quantitative estimate of drug-likeness (QED) is 0.929. The molecule has 0 aliphatic carbocycles. The summed E-state index contributed by atoms with van der Waals surface area (Å²) in [5, 5.41) is 0. The fourth-order valence-corrected chi connectivity index (χ4v) is 2.54. The molecule has 0 bridgehead atoms. The van der Waals surface area contributed by atoms with Crippen molar-refractivity contribution in [2.24, 2.45) is 11.7 Å². The summed E-state index contributed by atoms with van der Waals surface area (Å²) in [5.74, 6) is -0.135. The summed E-state index contributed by atoms with van der Waals surface area (Å²) in [4.78, 5) is 13.5. The van der Waals surface area contributed by atoms with E-state index in [9.17, 15) is 4.79 Å². The summed E-state index contributed by atoms with van der Waals surface area (Å²) >= 11 is 3.42. The number of benzene rings is 1. The number of rotatable bonds is 3. The lowest BCUT2D eigenvalue weighted by Crippen LogP contribution is -2.40.